The first-order valence-corrected chi connectivity index (χ1v) is 5.87. The summed E-state index contributed by atoms with van der Waals surface area (Å²) in [4.78, 5) is 20.3. The SMILES string of the molecule is COc1cnc(C(=O)C2CCCCO2)c(OC)n1. The first kappa shape index (κ1) is 12.8. The highest BCUT2D eigenvalue weighted by Crippen LogP contribution is 2.22. The van der Waals surface area contributed by atoms with Gasteiger partial charge in [-0.05, 0) is 19.3 Å². The molecule has 1 saturated heterocycles. The number of ether oxygens (including phenoxy) is 3. The number of rotatable bonds is 4. The largest absolute Gasteiger partial charge is 0.480 e. The van der Waals surface area contributed by atoms with Gasteiger partial charge in [-0.3, -0.25) is 4.79 Å². The van der Waals surface area contributed by atoms with Crippen LogP contribution in [0.15, 0.2) is 6.20 Å². The van der Waals surface area contributed by atoms with Crippen LogP contribution in [-0.4, -0.2) is 42.7 Å². The Labute approximate surface area is 105 Å². The Hall–Kier alpha value is -1.69. The third-order valence-electron chi connectivity index (χ3n) is 2.83. The molecule has 0 aliphatic carbocycles. The van der Waals surface area contributed by atoms with Crippen molar-refractivity contribution in [3.63, 3.8) is 0 Å². The number of methoxy groups -OCH3 is 2. The molecule has 2 heterocycles. The van der Waals surface area contributed by atoms with E-state index in [1.165, 1.54) is 20.4 Å². The maximum atomic E-state index is 12.2. The highest BCUT2D eigenvalue weighted by molar-refractivity contribution is 5.99. The van der Waals surface area contributed by atoms with Crippen LogP contribution in [0.3, 0.4) is 0 Å². The van der Waals surface area contributed by atoms with E-state index >= 15 is 0 Å². The first-order chi connectivity index (χ1) is 8.76. The van der Waals surface area contributed by atoms with Crippen molar-refractivity contribution in [2.24, 2.45) is 0 Å². The molecule has 0 bridgehead atoms. The van der Waals surface area contributed by atoms with Crippen LogP contribution in [0.4, 0.5) is 0 Å². The molecule has 1 fully saturated rings. The monoisotopic (exact) mass is 252 g/mol. The lowest BCUT2D eigenvalue weighted by Crippen LogP contribution is -2.29. The van der Waals surface area contributed by atoms with Gasteiger partial charge in [0.15, 0.2) is 5.69 Å². The Kier molecular flexibility index (Phi) is 4.09. The molecule has 0 amide bonds. The predicted octanol–water partition coefficient (Wildman–Crippen LogP) is 1.25. The van der Waals surface area contributed by atoms with Gasteiger partial charge in [0, 0.05) is 6.61 Å². The molecule has 1 aliphatic heterocycles. The van der Waals surface area contributed by atoms with E-state index in [2.05, 4.69) is 9.97 Å². The summed E-state index contributed by atoms with van der Waals surface area (Å²) in [6.45, 7) is 0.613. The third-order valence-corrected chi connectivity index (χ3v) is 2.83. The van der Waals surface area contributed by atoms with Gasteiger partial charge in [0.1, 0.15) is 6.10 Å². The van der Waals surface area contributed by atoms with Crippen LogP contribution in [0.2, 0.25) is 0 Å². The zero-order chi connectivity index (χ0) is 13.0. The Balaban J connectivity index is 2.23. The number of carbonyl (C=O) groups is 1. The van der Waals surface area contributed by atoms with Gasteiger partial charge in [-0.2, -0.15) is 4.98 Å². The number of ketones is 1. The maximum Gasteiger partial charge on any atom is 0.246 e. The normalized spacial score (nSPS) is 19.3. The molecule has 18 heavy (non-hydrogen) atoms. The molecule has 1 aromatic rings. The fourth-order valence-corrected chi connectivity index (χ4v) is 1.87. The number of hydrogen-bond donors (Lipinski definition) is 0. The van der Waals surface area contributed by atoms with Crippen molar-refractivity contribution in [1.29, 1.82) is 0 Å². The van der Waals surface area contributed by atoms with Crippen LogP contribution in [0.5, 0.6) is 11.8 Å². The summed E-state index contributed by atoms with van der Waals surface area (Å²) in [6, 6.07) is 0. The predicted molar refractivity (Wildman–Crippen MR) is 63.1 cm³/mol. The molecular formula is C12H16N2O4. The van der Waals surface area contributed by atoms with Gasteiger partial charge in [0.2, 0.25) is 17.5 Å². The molecule has 6 heteroatoms. The minimum atomic E-state index is -0.435. The van der Waals surface area contributed by atoms with E-state index in [9.17, 15) is 4.79 Å². The van der Waals surface area contributed by atoms with Crippen molar-refractivity contribution in [3.8, 4) is 11.8 Å². The van der Waals surface area contributed by atoms with Crippen molar-refractivity contribution in [2.45, 2.75) is 25.4 Å². The van der Waals surface area contributed by atoms with Gasteiger partial charge < -0.3 is 14.2 Å². The Morgan fingerprint density at radius 3 is 2.83 bits per heavy atom. The minimum Gasteiger partial charge on any atom is -0.480 e. The van der Waals surface area contributed by atoms with Crippen LogP contribution in [-0.2, 0) is 4.74 Å². The molecule has 0 spiro atoms. The molecule has 1 atom stereocenters. The van der Waals surface area contributed by atoms with Gasteiger partial charge in [0.05, 0.1) is 20.4 Å². The highest BCUT2D eigenvalue weighted by Gasteiger charge is 2.27. The summed E-state index contributed by atoms with van der Waals surface area (Å²) in [5.41, 5.74) is 0.199. The van der Waals surface area contributed by atoms with Crippen LogP contribution >= 0.6 is 0 Å². The average Bonchev–Trinajstić information content (AvgIpc) is 2.46. The lowest BCUT2D eigenvalue weighted by molar-refractivity contribution is 0.0180. The zero-order valence-electron chi connectivity index (χ0n) is 10.5. The minimum absolute atomic E-state index is 0.175. The number of carbonyl (C=O) groups excluding carboxylic acids is 1. The van der Waals surface area contributed by atoms with Crippen molar-refractivity contribution >= 4 is 5.78 Å². The summed E-state index contributed by atoms with van der Waals surface area (Å²) in [6.07, 6.45) is 3.67. The van der Waals surface area contributed by atoms with E-state index < -0.39 is 6.10 Å². The summed E-state index contributed by atoms with van der Waals surface area (Å²) in [5, 5.41) is 0. The van der Waals surface area contributed by atoms with Crippen molar-refractivity contribution in [2.75, 3.05) is 20.8 Å². The van der Waals surface area contributed by atoms with Crippen LogP contribution in [0.25, 0.3) is 0 Å². The third kappa shape index (κ3) is 2.59. The molecule has 0 N–H and O–H groups in total. The maximum absolute atomic E-state index is 12.2. The Morgan fingerprint density at radius 1 is 1.39 bits per heavy atom. The lowest BCUT2D eigenvalue weighted by Gasteiger charge is -2.21. The molecule has 0 aromatic carbocycles. The van der Waals surface area contributed by atoms with Crippen molar-refractivity contribution < 1.29 is 19.0 Å². The van der Waals surface area contributed by atoms with Gasteiger partial charge in [-0.1, -0.05) is 0 Å². The van der Waals surface area contributed by atoms with Crippen molar-refractivity contribution in [3.05, 3.63) is 11.9 Å². The van der Waals surface area contributed by atoms with E-state index in [4.69, 9.17) is 14.2 Å². The molecule has 6 nitrogen and oxygen atoms in total. The molecule has 98 valence electrons. The van der Waals surface area contributed by atoms with Gasteiger partial charge in [-0.25, -0.2) is 4.98 Å². The van der Waals surface area contributed by atoms with E-state index in [0.29, 0.717) is 12.5 Å². The molecule has 2 rings (SSSR count). The Bertz CT molecular complexity index is 430. The average molecular weight is 252 g/mol. The van der Waals surface area contributed by atoms with Gasteiger partial charge in [-0.15, -0.1) is 0 Å². The second-order valence-corrected chi connectivity index (χ2v) is 3.99. The molecule has 1 aliphatic rings. The fraction of sp³-hybridized carbons (Fsp3) is 0.583. The molecule has 1 unspecified atom stereocenters. The van der Waals surface area contributed by atoms with E-state index in [1.807, 2.05) is 0 Å². The lowest BCUT2D eigenvalue weighted by atomic mass is 10.0. The second-order valence-electron chi connectivity index (χ2n) is 3.99. The Morgan fingerprint density at radius 2 is 2.22 bits per heavy atom. The van der Waals surface area contributed by atoms with Gasteiger partial charge in [0.25, 0.3) is 0 Å². The van der Waals surface area contributed by atoms with E-state index in [1.54, 1.807) is 0 Å². The zero-order valence-corrected chi connectivity index (χ0v) is 10.5. The molecule has 0 radical (unpaired) electrons. The van der Waals surface area contributed by atoms with Crippen LogP contribution in [0, 0.1) is 0 Å². The van der Waals surface area contributed by atoms with E-state index in [0.717, 1.165) is 19.3 Å². The fourth-order valence-electron chi connectivity index (χ4n) is 1.87. The molecule has 0 saturated carbocycles. The number of hydrogen-bond acceptors (Lipinski definition) is 6. The topological polar surface area (TPSA) is 70.5 Å². The quantitative estimate of drug-likeness (QED) is 0.751. The van der Waals surface area contributed by atoms with E-state index in [-0.39, 0.29) is 17.4 Å². The number of nitrogens with zero attached hydrogens (tertiary/aromatic N) is 2. The smallest absolute Gasteiger partial charge is 0.246 e. The summed E-state index contributed by atoms with van der Waals surface area (Å²) in [5.74, 6) is 0.309. The second kappa shape index (κ2) is 5.77. The summed E-state index contributed by atoms with van der Waals surface area (Å²) >= 11 is 0. The van der Waals surface area contributed by atoms with Gasteiger partial charge >= 0.3 is 0 Å². The molecule has 1 aromatic heterocycles. The molecular weight excluding hydrogens is 236 g/mol. The van der Waals surface area contributed by atoms with Crippen molar-refractivity contribution in [1.82, 2.24) is 9.97 Å². The summed E-state index contributed by atoms with van der Waals surface area (Å²) < 4.78 is 15.5. The standard InChI is InChI=1S/C12H16N2O4/c1-16-9-7-13-10(12(14-9)17-2)11(15)8-5-3-4-6-18-8/h7-8H,3-6H2,1-2H3. The number of Topliss-reactive ketones (excluding diaryl/α,β-unsaturated/α-hetero) is 1. The first-order valence-electron chi connectivity index (χ1n) is 5.87. The number of aromatic nitrogens is 2. The highest BCUT2D eigenvalue weighted by atomic mass is 16.5. The van der Waals surface area contributed by atoms with Crippen LogP contribution in [0.1, 0.15) is 29.8 Å². The van der Waals surface area contributed by atoms with Crippen LogP contribution < -0.4 is 9.47 Å². The summed E-state index contributed by atoms with van der Waals surface area (Å²) in [7, 11) is 2.93.